The van der Waals surface area contributed by atoms with E-state index in [0.717, 1.165) is 0 Å². The fourth-order valence-electron chi connectivity index (χ4n) is 4.02. The first-order valence-electron chi connectivity index (χ1n) is 10.5. The second-order valence-electron chi connectivity index (χ2n) is 9.04. The van der Waals surface area contributed by atoms with Crippen LogP contribution in [0.15, 0.2) is 10.5 Å². The monoisotopic (exact) mass is 538 g/mol. The average Bonchev–Trinajstić information content (AvgIpc) is 2.73. The van der Waals surface area contributed by atoms with Crippen LogP contribution in [0.4, 0.5) is 10.5 Å². The second-order valence-corrected chi connectivity index (χ2v) is 10.2. The molecule has 1 aromatic carbocycles. The smallest absolute Gasteiger partial charge is 0.410 e. The van der Waals surface area contributed by atoms with Gasteiger partial charge in [0.1, 0.15) is 22.8 Å². The van der Waals surface area contributed by atoms with Crippen molar-refractivity contribution in [3.05, 3.63) is 21.1 Å². The highest BCUT2D eigenvalue weighted by Gasteiger charge is 2.37. The number of rotatable bonds is 3. The average molecular weight is 540 g/mol. The molecule has 0 saturated carbocycles. The van der Waals surface area contributed by atoms with Gasteiger partial charge in [-0.3, -0.25) is 0 Å². The van der Waals surface area contributed by atoms with Crippen molar-refractivity contribution in [3.8, 4) is 17.7 Å². The van der Waals surface area contributed by atoms with Crippen LogP contribution in [0.25, 0.3) is 10.9 Å². The summed E-state index contributed by atoms with van der Waals surface area (Å²) in [6.45, 7) is 10.4. The Bertz CT molecular complexity index is 1130. The molecule has 2 atom stereocenters. The van der Waals surface area contributed by atoms with Gasteiger partial charge in [0.15, 0.2) is 5.75 Å². The van der Waals surface area contributed by atoms with Crippen molar-refractivity contribution in [2.75, 3.05) is 32.2 Å². The standard InChI is InChI=1S/C23H28BrClN4O4/c1-12-11-29(22(30)33-23(3,4)5)13(2)10-28(12)19-14-8-16(25)17(24)20(31-6)18(14)27-21(32-7)15(19)9-26/h8,12-13H,10-11H2,1-7H3/t12-,13-/m0/s1. The van der Waals surface area contributed by atoms with Gasteiger partial charge < -0.3 is 24.0 Å². The Morgan fingerprint density at radius 1 is 1.24 bits per heavy atom. The van der Waals surface area contributed by atoms with Crippen LogP contribution in [0.1, 0.15) is 40.2 Å². The molecule has 1 amide bonds. The summed E-state index contributed by atoms with van der Waals surface area (Å²) in [5.41, 5.74) is 0.889. The lowest BCUT2D eigenvalue weighted by molar-refractivity contribution is 0.0130. The molecule has 33 heavy (non-hydrogen) atoms. The molecule has 1 aliphatic rings. The van der Waals surface area contributed by atoms with Crippen LogP contribution in [0, 0.1) is 11.3 Å². The number of benzene rings is 1. The highest BCUT2D eigenvalue weighted by molar-refractivity contribution is 9.10. The van der Waals surface area contributed by atoms with Crippen LogP contribution in [-0.4, -0.2) is 61.0 Å². The largest absolute Gasteiger partial charge is 0.493 e. The van der Waals surface area contributed by atoms with E-state index in [1.807, 2.05) is 34.6 Å². The van der Waals surface area contributed by atoms with Gasteiger partial charge >= 0.3 is 6.09 Å². The molecule has 0 unspecified atom stereocenters. The van der Waals surface area contributed by atoms with Crippen molar-refractivity contribution >= 4 is 50.2 Å². The molecule has 0 bridgehead atoms. The molecule has 0 radical (unpaired) electrons. The van der Waals surface area contributed by atoms with E-state index in [9.17, 15) is 10.1 Å². The van der Waals surface area contributed by atoms with Gasteiger partial charge in [-0.15, -0.1) is 0 Å². The number of aromatic nitrogens is 1. The summed E-state index contributed by atoms with van der Waals surface area (Å²) in [5.74, 6) is 0.650. The lowest BCUT2D eigenvalue weighted by Gasteiger charge is -2.45. The predicted molar refractivity (Wildman–Crippen MR) is 131 cm³/mol. The second kappa shape index (κ2) is 9.43. The number of carbonyl (C=O) groups excluding carboxylic acids is 1. The van der Waals surface area contributed by atoms with E-state index in [1.54, 1.807) is 11.0 Å². The third-order valence-electron chi connectivity index (χ3n) is 5.48. The van der Waals surface area contributed by atoms with Gasteiger partial charge in [-0.05, 0) is 56.6 Å². The molecular weight excluding hydrogens is 512 g/mol. The number of halogens is 2. The zero-order chi connectivity index (χ0) is 24.7. The molecule has 10 heteroatoms. The number of hydrogen-bond donors (Lipinski definition) is 0. The Balaban J connectivity index is 2.16. The molecule has 0 N–H and O–H groups in total. The zero-order valence-corrected chi connectivity index (χ0v) is 22.2. The van der Waals surface area contributed by atoms with Gasteiger partial charge in [-0.25, -0.2) is 9.78 Å². The van der Waals surface area contributed by atoms with Crippen molar-refractivity contribution in [2.45, 2.75) is 52.3 Å². The molecule has 1 saturated heterocycles. The minimum absolute atomic E-state index is 0.121. The number of nitrogens with zero attached hydrogens (tertiary/aromatic N) is 4. The summed E-state index contributed by atoms with van der Waals surface area (Å²) in [5, 5.41) is 11.1. The van der Waals surface area contributed by atoms with Crippen molar-refractivity contribution in [3.63, 3.8) is 0 Å². The molecule has 0 spiro atoms. The predicted octanol–water partition coefficient (Wildman–Crippen LogP) is 5.37. The molecular formula is C23H28BrClN4O4. The van der Waals surface area contributed by atoms with Crippen LogP contribution >= 0.6 is 27.5 Å². The highest BCUT2D eigenvalue weighted by atomic mass is 79.9. The van der Waals surface area contributed by atoms with E-state index in [2.05, 4.69) is 31.9 Å². The summed E-state index contributed by atoms with van der Waals surface area (Å²) in [4.78, 5) is 21.2. The molecule has 1 aliphatic heterocycles. The topological polar surface area (TPSA) is 87.9 Å². The van der Waals surface area contributed by atoms with Crippen LogP contribution in [0.5, 0.6) is 11.6 Å². The molecule has 0 aliphatic carbocycles. The summed E-state index contributed by atoms with van der Waals surface area (Å²) in [7, 11) is 3.01. The summed E-state index contributed by atoms with van der Waals surface area (Å²) < 4.78 is 17.2. The quantitative estimate of drug-likeness (QED) is 0.518. The van der Waals surface area contributed by atoms with Crippen LogP contribution in [0.2, 0.25) is 5.02 Å². The summed E-state index contributed by atoms with van der Waals surface area (Å²) >= 11 is 9.94. The Kier molecular flexibility index (Phi) is 7.20. The maximum Gasteiger partial charge on any atom is 0.410 e. The number of fused-ring (bicyclic) bond motifs is 1. The third-order valence-corrected chi connectivity index (χ3v) is 6.79. The summed E-state index contributed by atoms with van der Waals surface area (Å²) in [6.07, 6.45) is -0.354. The van der Waals surface area contributed by atoms with Crippen molar-refractivity contribution in [2.24, 2.45) is 0 Å². The van der Waals surface area contributed by atoms with Gasteiger partial charge in [0.25, 0.3) is 0 Å². The number of pyridine rings is 1. The number of hydrogen-bond acceptors (Lipinski definition) is 7. The Labute approximate surface area is 207 Å². The Morgan fingerprint density at radius 2 is 1.91 bits per heavy atom. The molecule has 2 heterocycles. The van der Waals surface area contributed by atoms with Crippen molar-refractivity contribution in [1.29, 1.82) is 5.26 Å². The van der Waals surface area contributed by atoms with Crippen LogP contribution in [-0.2, 0) is 4.74 Å². The van der Waals surface area contributed by atoms with Crippen LogP contribution < -0.4 is 14.4 Å². The number of anilines is 1. The maximum atomic E-state index is 12.8. The van der Waals surface area contributed by atoms with Gasteiger partial charge in [-0.1, -0.05) is 11.6 Å². The van der Waals surface area contributed by atoms with Crippen molar-refractivity contribution in [1.82, 2.24) is 9.88 Å². The number of carbonyl (C=O) groups is 1. The van der Waals surface area contributed by atoms with Gasteiger partial charge in [0.05, 0.1) is 29.4 Å². The normalized spacial score (nSPS) is 18.8. The lowest BCUT2D eigenvalue weighted by atomic mass is 10.0. The van der Waals surface area contributed by atoms with E-state index < -0.39 is 5.60 Å². The fourth-order valence-corrected chi connectivity index (χ4v) is 4.68. The number of nitriles is 1. The third kappa shape index (κ3) is 4.78. The van der Waals surface area contributed by atoms with Gasteiger partial charge in [0, 0.05) is 30.6 Å². The zero-order valence-electron chi connectivity index (χ0n) is 19.8. The first-order chi connectivity index (χ1) is 15.4. The minimum atomic E-state index is -0.583. The number of amides is 1. The minimum Gasteiger partial charge on any atom is -0.493 e. The lowest BCUT2D eigenvalue weighted by Crippen LogP contribution is -2.59. The highest BCUT2D eigenvalue weighted by Crippen LogP contribution is 2.45. The maximum absolute atomic E-state index is 12.8. The van der Waals surface area contributed by atoms with Crippen molar-refractivity contribution < 1.29 is 19.0 Å². The number of methoxy groups -OCH3 is 2. The van der Waals surface area contributed by atoms with E-state index in [1.165, 1.54) is 14.2 Å². The molecule has 1 fully saturated rings. The molecule has 8 nitrogen and oxygen atoms in total. The van der Waals surface area contributed by atoms with Crippen LogP contribution in [0.3, 0.4) is 0 Å². The summed E-state index contributed by atoms with van der Waals surface area (Å²) in [6, 6.07) is 3.73. The first-order valence-corrected chi connectivity index (χ1v) is 11.7. The van der Waals surface area contributed by atoms with E-state index >= 15 is 0 Å². The Hall–Kier alpha value is -2.44. The molecule has 1 aromatic heterocycles. The van der Waals surface area contributed by atoms with E-state index in [4.69, 9.17) is 25.8 Å². The SMILES string of the molecule is COc1nc2c(OC)c(Br)c(Cl)cc2c(N2C[C@H](C)N(C(=O)OC(C)(C)C)C[C@@H]2C)c1C#N. The number of piperazine rings is 1. The first kappa shape index (κ1) is 25.2. The number of ether oxygens (including phenoxy) is 3. The molecule has 178 valence electrons. The van der Waals surface area contributed by atoms with E-state index in [-0.39, 0.29) is 24.1 Å². The van der Waals surface area contributed by atoms with Gasteiger partial charge in [-0.2, -0.15) is 5.26 Å². The molecule has 2 aromatic rings. The fraction of sp³-hybridized carbons (Fsp3) is 0.522. The van der Waals surface area contributed by atoms with E-state index in [0.29, 0.717) is 50.5 Å². The van der Waals surface area contributed by atoms with Gasteiger partial charge in [0.2, 0.25) is 5.88 Å². The molecule has 3 rings (SSSR count). The Morgan fingerprint density at radius 3 is 2.45 bits per heavy atom.